The van der Waals surface area contributed by atoms with Gasteiger partial charge in [0.25, 0.3) is 0 Å². The quantitative estimate of drug-likeness (QED) is 0.917. The molecule has 0 atom stereocenters. The molecule has 0 amide bonds. The van der Waals surface area contributed by atoms with E-state index in [1.54, 1.807) is 0 Å². The normalized spacial score (nSPS) is 14.2. The van der Waals surface area contributed by atoms with Crippen molar-refractivity contribution in [3.8, 4) is 11.6 Å². The molecule has 1 aromatic heterocycles. The summed E-state index contributed by atoms with van der Waals surface area (Å²) in [7, 11) is 1.88. The van der Waals surface area contributed by atoms with Gasteiger partial charge in [0, 0.05) is 13.0 Å². The molecule has 1 aliphatic carbocycles. The molecule has 1 aromatic carbocycles. The molecular weight excluding hydrogens is 250 g/mol. The van der Waals surface area contributed by atoms with Crippen molar-refractivity contribution in [2.45, 2.75) is 32.6 Å². The molecule has 1 fully saturated rings. The van der Waals surface area contributed by atoms with E-state index in [4.69, 9.17) is 4.74 Å². The second-order valence-corrected chi connectivity index (χ2v) is 5.30. The summed E-state index contributed by atoms with van der Waals surface area (Å²) in [5.41, 5.74) is 2.16. The van der Waals surface area contributed by atoms with E-state index in [-0.39, 0.29) is 0 Å². The fourth-order valence-electron chi connectivity index (χ4n) is 2.10. The molecular formula is C16H19N3O. The van der Waals surface area contributed by atoms with Crippen molar-refractivity contribution < 1.29 is 4.74 Å². The Hall–Kier alpha value is -2.10. The molecule has 0 saturated heterocycles. The molecule has 0 unspecified atom stereocenters. The van der Waals surface area contributed by atoms with E-state index in [0.29, 0.717) is 11.8 Å². The summed E-state index contributed by atoms with van der Waals surface area (Å²) in [6, 6.07) is 8.00. The Bertz CT molecular complexity index is 618. The van der Waals surface area contributed by atoms with Gasteiger partial charge in [-0.1, -0.05) is 17.7 Å². The van der Waals surface area contributed by atoms with E-state index >= 15 is 0 Å². The predicted molar refractivity (Wildman–Crippen MR) is 79.5 cm³/mol. The van der Waals surface area contributed by atoms with Crippen LogP contribution in [0, 0.1) is 13.8 Å². The average molecular weight is 269 g/mol. The third-order valence-corrected chi connectivity index (χ3v) is 3.53. The summed E-state index contributed by atoms with van der Waals surface area (Å²) < 4.78 is 5.93. The first-order chi connectivity index (χ1) is 9.67. The Morgan fingerprint density at radius 3 is 2.40 bits per heavy atom. The fraction of sp³-hybridized carbons (Fsp3) is 0.375. The van der Waals surface area contributed by atoms with Crippen LogP contribution in [-0.4, -0.2) is 17.0 Å². The highest BCUT2D eigenvalue weighted by molar-refractivity contribution is 5.49. The maximum atomic E-state index is 5.93. The number of ether oxygens (including phenoxy) is 1. The molecule has 0 aliphatic heterocycles. The van der Waals surface area contributed by atoms with Crippen molar-refractivity contribution in [1.29, 1.82) is 0 Å². The SMILES string of the molecule is CNc1nc(C2CC2)nc(Oc2ccc(C)cc2)c1C. The van der Waals surface area contributed by atoms with Crippen molar-refractivity contribution in [2.75, 3.05) is 12.4 Å². The van der Waals surface area contributed by atoms with Crippen LogP contribution >= 0.6 is 0 Å². The van der Waals surface area contributed by atoms with Crippen molar-refractivity contribution >= 4 is 5.82 Å². The second-order valence-electron chi connectivity index (χ2n) is 5.30. The minimum Gasteiger partial charge on any atom is -0.439 e. The zero-order valence-electron chi connectivity index (χ0n) is 12.1. The van der Waals surface area contributed by atoms with Crippen LogP contribution in [0.1, 0.15) is 35.7 Å². The van der Waals surface area contributed by atoms with Gasteiger partial charge in [-0.25, -0.2) is 4.98 Å². The Labute approximate surface area is 119 Å². The monoisotopic (exact) mass is 269 g/mol. The van der Waals surface area contributed by atoms with Gasteiger partial charge in [-0.05, 0) is 38.8 Å². The van der Waals surface area contributed by atoms with Gasteiger partial charge in [0.15, 0.2) is 0 Å². The number of aromatic nitrogens is 2. The second kappa shape index (κ2) is 5.12. The van der Waals surface area contributed by atoms with Gasteiger partial charge in [0.2, 0.25) is 5.88 Å². The molecule has 1 N–H and O–H groups in total. The van der Waals surface area contributed by atoms with Gasteiger partial charge in [0.1, 0.15) is 17.4 Å². The Morgan fingerprint density at radius 1 is 1.10 bits per heavy atom. The van der Waals surface area contributed by atoms with Crippen LogP contribution in [0.15, 0.2) is 24.3 Å². The Kier molecular flexibility index (Phi) is 3.30. The number of hydrogen-bond acceptors (Lipinski definition) is 4. The summed E-state index contributed by atoms with van der Waals surface area (Å²) in [5.74, 6) is 3.70. The zero-order valence-corrected chi connectivity index (χ0v) is 12.1. The molecule has 0 radical (unpaired) electrons. The van der Waals surface area contributed by atoms with Gasteiger partial charge >= 0.3 is 0 Å². The predicted octanol–water partition coefficient (Wildman–Crippen LogP) is 3.80. The molecule has 2 aromatic rings. The molecule has 1 heterocycles. The van der Waals surface area contributed by atoms with Crippen molar-refractivity contribution in [3.05, 3.63) is 41.2 Å². The van der Waals surface area contributed by atoms with Gasteiger partial charge < -0.3 is 10.1 Å². The van der Waals surface area contributed by atoms with Crippen LogP contribution < -0.4 is 10.1 Å². The first-order valence-electron chi connectivity index (χ1n) is 6.98. The summed E-state index contributed by atoms with van der Waals surface area (Å²) >= 11 is 0. The number of rotatable bonds is 4. The third-order valence-electron chi connectivity index (χ3n) is 3.53. The van der Waals surface area contributed by atoms with E-state index in [1.807, 2.05) is 38.2 Å². The van der Waals surface area contributed by atoms with Crippen LogP contribution in [-0.2, 0) is 0 Å². The molecule has 1 aliphatic rings. The van der Waals surface area contributed by atoms with Gasteiger partial charge in [0.05, 0.1) is 5.56 Å². The molecule has 4 heteroatoms. The largest absolute Gasteiger partial charge is 0.439 e. The van der Waals surface area contributed by atoms with E-state index in [2.05, 4.69) is 22.2 Å². The fourth-order valence-corrected chi connectivity index (χ4v) is 2.10. The minimum absolute atomic E-state index is 0.503. The topological polar surface area (TPSA) is 47.0 Å². The summed E-state index contributed by atoms with van der Waals surface area (Å²) in [5, 5.41) is 3.12. The summed E-state index contributed by atoms with van der Waals surface area (Å²) in [4.78, 5) is 9.15. The zero-order chi connectivity index (χ0) is 14.1. The standard InChI is InChI=1S/C16H19N3O/c1-10-4-8-13(9-5-10)20-16-11(2)14(17-3)18-15(19-16)12-6-7-12/h4-5,8-9,12H,6-7H2,1-3H3,(H,17,18,19). The van der Waals surface area contributed by atoms with Crippen LogP contribution in [0.2, 0.25) is 0 Å². The molecule has 0 bridgehead atoms. The number of nitrogens with one attached hydrogen (secondary N) is 1. The lowest BCUT2D eigenvalue weighted by Crippen LogP contribution is -2.04. The van der Waals surface area contributed by atoms with Crippen molar-refractivity contribution in [3.63, 3.8) is 0 Å². The summed E-state index contributed by atoms with van der Waals surface area (Å²) in [6.07, 6.45) is 2.35. The number of benzene rings is 1. The van der Waals surface area contributed by atoms with Crippen LogP contribution in [0.25, 0.3) is 0 Å². The third kappa shape index (κ3) is 2.59. The van der Waals surface area contributed by atoms with Crippen LogP contribution in [0.4, 0.5) is 5.82 Å². The van der Waals surface area contributed by atoms with Gasteiger partial charge in [-0.2, -0.15) is 4.98 Å². The number of nitrogens with zero attached hydrogens (tertiary/aromatic N) is 2. The lowest BCUT2D eigenvalue weighted by atomic mass is 10.2. The molecule has 104 valence electrons. The highest BCUT2D eigenvalue weighted by Crippen LogP contribution is 2.40. The van der Waals surface area contributed by atoms with E-state index in [0.717, 1.165) is 23.0 Å². The minimum atomic E-state index is 0.503. The number of anilines is 1. The molecule has 20 heavy (non-hydrogen) atoms. The van der Waals surface area contributed by atoms with Crippen LogP contribution in [0.3, 0.4) is 0 Å². The molecule has 4 nitrogen and oxygen atoms in total. The first kappa shape index (κ1) is 12.9. The highest BCUT2D eigenvalue weighted by Gasteiger charge is 2.28. The summed E-state index contributed by atoms with van der Waals surface area (Å²) in [6.45, 7) is 4.04. The smallest absolute Gasteiger partial charge is 0.227 e. The average Bonchev–Trinajstić information content (AvgIpc) is 3.28. The van der Waals surface area contributed by atoms with E-state index in [9.17, 15) is 0 Å². The number of aryl methyl sites for hydroxylation is 1. The molecule has 1 saturated carbocycles. The molecule has 0 spiro atoms. The maximum Gasteiger partial charge on any atom is 0.227 e. The lowest BCUT2D eigenvalue weighted by molar-refractivity contribution is 0.454. The highest BCUT2D eigenvalue weighted by atomic mass is 16.5. The maximum absolute atomic E-state index is 5.93. The Morgan fingerprint density at radius 2 is 1.80 bits per heavy atom. The molecule has 3 rings (SSSR count). The Balaban J connectivity index is 1.94. The van der Waals surface area contributed by atoms with E-state index in [1.165, 1.54) is 18.4 Å². The van der Waals surface area contributed by atoms with Gasteiger partial charge in [-0.3, -0.25) is 0 Å². The lowest BCUT2D eigenvalue weighted by Gasteiger charge is -2.12. The van der Waals surface area contributed by atoms with E-state index < -0.39 is 0 Å². The van der Waals surface area contributed by atoms with Crippen LogP contribution in [0.5, 0.6) is 11.6 Å². The number of hydrogen-bond donors (Lipinski definition) is 1. The van der Waals surface area contributed by atoms with Crippen molar-refractivity contribution in [1.82, 2.24) is 9.97 Å². The van der Waals surface area contributed by atoms with Gasteiger partial charge in [-0.15, -0.1) is 0 Å². The van der Waals surface area contributed by atoms with Crippen molar-refractivity contribution in [2.24, 2.45) is 0 Å². The first-order valence-corrected chi connectivity index (χ1v) is 6.98.